The number of pyridine rings is 1. The van der Waals surface area contributed by atoms with Gasteiger partial charge in [0.1, 0.15) is 0 Å². The molecule has 0 aromatic carbocycles. The highest BCUT2D eigenvalue weighted by molar-refractivity contribution is 6.32. The summed E-state index contributed by atoms with van der Waals surface area (Å²) in [7, 11) is 0. The van der Waals surface area contributed by atoms with Crippen LogP contribution in [-0.2, 0) is 16.5 Å². The molecule has 6 rings (SSSR count). The van der Waals surface area contributed by atoms with E-state index in [9.17, 15) is 22.4 Å². The zero-order chi connectivity index (χ0) is 26.8. The van der Waals surface area contributed by atoms with Gasteiger partial charge in [0.2, 0.25) is 11.9 Å². The van der Waals surface area contributed by atoms with E-state index in [-0.39, 0.29) is 38.8 Å². The van der Waals surface area contributed by atoms with Crippen LogP contribution >= 0.6 is 11.6 Å². The summed E-state index contributed by atoms with van der Waals surface area (Å²) in [4.78, 5) is 23.1. The van der Waals surface area contributed by atoms with Crippen molar-refractivity contribution in [3.05, 3.63) is 77.1 Å². The Morgan fingerprint density at radius 3 is 2.58 bits per heavy atom. The predicted octanol–water partition coefficient (Wildman–Crippen LogP) is 3.60. The Labute approximate surface area is 215 Å². The summed E-state index contributed by atoms with van der Waals surface area (Å²) in [5.74, 6) is -1.93. The highest BCUT2D eigenvalue weighted by Crippen LogP contribution is 2.50. The lowest BCUT2D eigenvalue weighted by Gasteiger charge is -2.24. The molecule has 1 N–H and O–H groups in total. The Bertz CT molecular complexity index is 1700. The first-order valence-corrected chi connectivity index (χ1v) is 11.4. The van der Waals surface area contributed by atoms with Crippen molar-refractivity contribution in [2.24, 2.45) is 0 Å². The maximum Gasteiger partial charge on any atom is 0.504 e. The molecule has 0 radical (unpaired) electrons. The average Bonchev–Trinajstić information content (AvgIpc) is 3.64. The van der Waals surface area contributed by atoms with Gasteiger partial charge in [-0.15, -0.1) is 23.1 Å². The Morgan fingerprint density at radius 1 is 1.13 bits per heavy atom. The Hall–Kier alpha value is -4.40. The van der Waals surface area contributed by atoms with E-state index in [2.05, 4.69) is 35.7 Å². The van der Waals surface area contributed by atoms with Crippen molar-refractivity contribution in [2.75, 3.05) is 5.32 Å². The molecular weight excluding hydrogens is 532 g/mol. The molecule has 0 unspecified atom stereocenters. The van der Waals surface area contributed by atoms with Crippen LogP contribution in [0.4, 0.5) is 23.2 Å². The van der Waals surface area contributed by atoms with E-state index in [0.29, 0.717) is 11.3 Å². The van der Waals surface area contributed by atoms with Gasteiger partial charge in [0, 0.05) is 35.0 Å². The molecule has 0 aliphatic heterocycles. The van der Waals surface area contributed by atoms with E-state index < -0.39 is 29.5 Å². The molecule has 5 aromatic rings. The SMILES string of the molecule is C[C@@]1(c2cnn(C(F)(F)F)c2)C[C@@H](C(=O)Nc2cnc(-n3nccn3)c(Cl)c2)c2cnc3cc(F)nn3c21. The van der Waals surface area contributed by atoms with Crippen molar-refractivity contribution in [3.63, 3.8) is 0 Å². The fourth-order valence-electron chi connectivity index (χ4n) is 4.78. The Balaban J connectivity index is 1.39. The number of alkyl halides is 3. The van der Waals surface area contributed by atoms with Crippen LogP contribution in [0.3, 0.4) is 0 Å². The lowest BCUT2D eigenvalue weighted by atomic mass is 9.80. The second-order valence-electron chi connectivity index (χ2n) is 8.87. The minimum Gasteiger partial charge on any atom is -0.324 e. The van der Waals surface area contributed by atoms with Crippen molar-refractivity contribution >= 4 is 28.8 Å². The molecule has 2 atom stereocenters. The maximum atomic E-state index is 14.1. The summed E-state index contributed by atoms with van der Waals surface area (Å²) >= 11 is 6.30. The molecule has 1 aliphatic carbocycles. The number of hydrogen-bond donors (Lipinski definition) is 1. The molecule has 5 heterocycles. The minimum absolute atomic E-state index is 0.0381. The number of amides is 1. The van der Waals surface area contributed by atoms with Gasteiger partial charge in [-0.1, -0.05) is 11.6 Å². The van der Waals surface area contributed by atoms with Crippen LogP contribution in [-0.4, -0.2) is 50.3 Å². The number of anilines is 1. The topological polar surface area (TPSA) is 121 Å². The summed E-state index contributed by atoms with van der Waals surface area (Å²) in [5, 5.41) is 18.1. The van der Waals surface area contributed by atoms with Crippen LogP contribution in [0.15, 0.2) is 49.3 Å². The average molecular weight is 547 g/mol. The molecule has 1 aliphatic rings. The summed E-state index contributed by atoms with van der Waals surface area (Å²) in [5.41, 5.74) is 0.133. The lowest BCUT2D eigenvalue weighted by molar-refractivity contribution is -0.212. The van der Waals surface area contributed by atoms with Gasteiger partial charge in [0.05, 0.1) is 47.1 Å². The summed E-state index contributed by atoms with van der Waals surface area (Å²) in [6.45, 7) is 1.65. The van der Waals surface area contributed by atoms with Crippen molar-refractivity contribution < 1.29 is 22.4 Å². The van der Waals surface area contributed by atoms with Crippen molar-refractivity contribution in [1.82, 2.24) is 44.4 Å². The monoisotopic (exact) mass is 546 g/mol. The molecule has 0 saturated carbocycles. The number of halogens is 5. The van der Waals surface area contributed by atoms with E-state index in [4.69, 9.17) is 11.6 Å². The first-order valence-electron chi connectivity index (χ1n) is 11.0. The normalized spacial score (nSPS) is 19.2. The molecular formula is C22H15ClF4N10O. The Morgan fingerprint density at radius 2 is 1.89 bits per heavy atom. The third-order valence-corrected chi connectivity index (χ3v) is 6.76. The Kier molecular flexibility index (Phi) is 5.24. The second kappa shape index (κ2) is 8.31. The van der Waals surface area contributed by atoms with Crippen LogP contribution in [0.5, 0.6) is 0 Å². The second-order valence-corrected chi connectivity index (χ2v) is 9.27. The first kappa shape index (κ1) is 24.0. The fourth-order valence-corrected chi connectivity index (χ4v) is 5.02. The maximum absolute atomic E-state index is 14.1. The molecule has 38 heavy (non-hydrogen) atoms. The number of rotatable bonds is 4. The third-order valence-electron chi connectivity index (χ3n) is 6.49. The fraction of sp³-hybridized carbons (Fsp3) is 0.227. The van der Waals surface area contributed by atoms with E-state index in [1.165, 1.54) is 40.2 Å². The van der Waals surface area contributed by atoms with E-state index in [1.54, 1.807) is 6.92 Å². The molecule has 0 spiro atoms. The van der Waals surface area contributed by atoms with Gasteiger partial charge in [-0.2, -0.15) is 24.4 Å². The van der Waals surface area contributed by atoms with Gasteiger partial charge in [0.15, 0.2) is 11.5 Å². The van der Waals surface area contributed by atoms with Crippen molar-refractivity contribution in [1.29, 1.82) is 0 Å². The summed E-state index contributed by atoms with van der Waals surface area (Å²) in [6.07, 6.45) is 2.92. The molecule has 0 fully saturated rings. The number of aromatic nitrogens is 9. The zero-order valence-corrected chi connectivity index (χ0v) is 20.0. The molecule has 5 aromatic heterocycles. The van der Waals surface area contributed by atoms with Gasteiger partial charge < -0.3 is 5.32 Å². The first-order chi connectivity index (χ1) is 18.0. The van der Waals surface area contributed by atoms with Gasteiger partial charge in [-0.3, -0.25) is 4.79 Å². The molecule has 0 bridgehead atoms. The zero-order valence-electron chi connectivity index (χ0n) is 19.2. The largest absolute Gasteiger partial charge is 0.504 e. The molecule has 11 nitrogen and oxygen atoms in total. The number of carbonyl (C=O) groups is 1. The van der Waals surface area contributed by atoms with Crippen molar-refractivity contribution in [2.45, 2.75) is 31.0 Å². The molecule has 194 valence electrons. The standard InChI is InChI=1S/C22H15ClF4N10O/c1-21(11-7-32-35(10-11)22(25,26)27)6-13(14-9-28-17-5-16(24)34-36(17)18(14)21)20(38)33-12-4-15(23)19(29-8-12)37-30-2-3-31-37/h2-5,7-10,13H,6H2,1H3,(H,33,38)/t13-,21+/m1/s1. The molecule has 1 amide bonds. The number of nitrogens with zero attached hydrogens (tertiary/aromatic N) is 9. The third kappa shape index (κ3) is 3.77. The van der Waals surface area contributed by atoms with Crippen LogP contribution in [0.1, 0.15) is 36.1 Å². The number of carbonyl (C=O) groups excluding carboxylic acids is 1. The van der Waals surface area contributed by atoms with Crippen LogP contribution in [0.2, 0.25) is 5.02 Å². The van der Waals surface area contributed by atoms with Gasteiger partial charge in [0.25, 0.3) is 0 Å². The summed E-state index contributed by atoms with van der Waals surface area (Å²) in [6, 6.07) is 2.56. The van der Waals surface area contributed by atoms with Crippen LogP contribution < -0.4 is 5.32 Å². The number of hydrogen-bond acceptors (Lipinski definition) is 7. The molecule has 0 saturated heterocycles. The highest BCUT2D eigenvalue weighted by atomic mass is 35.5. The quantitative estimate of drug-likeness (QED) is 0.342. The van der Waals surface area contributed by atoms with Gasteiger partial charge in [-0.05, 0) is 19.4 Å². The van der Waals surface area contributed by atoms with Gasteiger partial charge >= 0.3 is 6.30 Å². The minimum atomic E-state index is -4.73. The van der Waals surface area contributed by atoms with Gasteiger partial charge in [-0.25, -0.2) is 14.5 Å². The lowest BCUT2D eigenvalue weighted by Crippen LogP contribution is -2.25. The predicted molar refractivity (Wildman–Crippen MR) is 123 cm³/mol. The summed E-state index contributed by atoms with van der Waals surface area (Å²) < 4.78 is 55.1. The van der Waals surface area contributed by atoms with E-state index in [0.717, 1.165) is 18.5 Å². The number of fused-ring (bicyclic) bond motifs is 3. The van der Waals surface area contributed by atoms with Crippen LogP contribution in [0, 0.1) is 5.95 Å². The van der Waals surface area contributed by atoms with E-state index >= 15 is 0 Å². The van der Waals surface area contributed by atoms with Crippen LogP contribution in [0.25, 0.3) is 11.5 Å². The number of nitrogens with one attached hydrogen (secondary N) is 1. The van der Waals surface area contributed by atoms with E-state index in [1.807, 2.05) is 0 Å². The molecule has 16 heteroatoms. The smallest absolute Gasteiger partial charge is 0.324 e. The highest BCUT2D eigenvalue weighted by Gasteiger charge is 2.48. The van der Waals surface area contributed by atoms with Crippen molar-refractivity contribution in [3.8, 4) is 5.82 Å².